The van der Waals surface area contributed by atoms with E-state index in [1.54, 1.807) is 12.3 Å². The summed E-state index contributed by atoms with van der Waals surface area (Å²) in [5, 5.41) is 6.86. The van der Waals surface area contributed by atoms with Gasteiger partial charge in [0.1, 0.15) is 5.52 Å². The van der Waals surface area contributed by atoms with Gasteiger partial charge < -0.3 is 0 Å². The molecule has 0 unspecified atom stereocenters. The maximum atomic E-state index is 11.3. The molecule has 0 aliphatic rings. The predicted octanol–water partition coefficient (Wildman–Crippen LogP) is 1.82. The van der Waals surface area contributed by atoms with Crippen LogP contribution in [0.3, 0.4) is 0 Å². The highest BCUT2D eigenvalue weighted by atomic mass is 79.9. The zero-order valence-electron chi connectivity index (χ0n) is 6.92. The minimum Gasteiger partial charge on any atom is -0.266 e. The van der Waals surface area contributed by atoms with Crippen LogP contribution in [0.5, 0.6) is 0 Å². The van der Waals surface area contributed by atoms with Gasteiger partial charge in [0.05, 0.1) is 11.6 Å². The number of rotatable bonds is 1. The third-order valence-corrected chi connectivity index (χ3v) is 2.49. The van der Waals surface area contributed by atoms with Crippen LogP contribution in [0.25, 0.3) is 10.9 Å². The number of alkyl halides is 1. The Kier molecular flexibility index (Phi) is 2.52. The molecule has 0 amide bonds. The Balaban J connectivity index is 2.92. The van der Waals surface area contributed by atoms with Gasteiger partial charge in [0.25, 0.3) is 5.56 Å². The van der Waals surface area contributed by atoms with Crippen molar-refractivity contribution in [2.24, 2.45) is 0 Å². The Morgan fingerprint density at radius 2 is 2.36 bits per heavy atom. The van der Waals surface area contributed by atoms with Crippen LogP contribution in [-0.4, -0.2) is 15.2 Å². The van der Waals surface area contributed by atoms with Crippen molar-refractivity contribution in [3.8, 4) is 0 Å². The van der Waals surface area contributed by atoms with Crippen LogP contribution in [0.1, 0.15) is 5.69 Å². The van der Waals surface area contributed by atoms with Crippen LogP contribution in [0.4, 0.5) is 0 Å². The van der Waals surface area contributed by atoms with Gasteiger partial charge in [0.2, 0.25) is 0 Å². The Labute approximate surface area is 92.4 Å². The quantitative estimate of drug-likeness (QED) is 0.807. The van der Waals surface area contributed by atoms with E-state index in [1.807, 2.05) is 0 Å². The van der Waals surface area contributed by atoms with E-state index >= 15 is 0 Å². The second-order valence-electron chi connectivity index (χ2n) is 2.68. The number of fused-ring (bicyclic) bond motifs is 1. The third-order valence-electron chi connectivity index (χ3n) is 1.80. The summed E-state index contributed by atoms with van der Waals surface area (Å²) >= 11 is 8.96. The van der Waals surface area contributed by atoms with Crippen molar-refractivity contribution in [3.63, 3.8) is 0 Å². The summed E-state index contributed by atoms with van der Waals surface area (Å²) in [6.45, 7) is 0. The van der Waals surface area contributed by atoms with Crippen molar-refractivity contribution in [3.05, 3.63) is 32.8 Å². The third kappa shape index (κ3) is 1.53. The molecule has 2 rings (SSSR count). The highest BCUT2D eigenvalue weighted by molar-refractivity contribution is 9.10. The van der Waals surface area contributed by atoms with E-state index in [0.717, 1.165) is 4.47 Å². The molecule has 0 saturated carbocycles. The summed E-state index contributed by atoms with van der Waals surface area (Å²) in [7, 11) is 0. The van der Waals surface area contributed by atoms with Gasteiger partial charge in [0, 0.05) is 16.1 Å². The Bertz CT molecular complexity index is 540. The maximum absolute atomic E-state index is 11.3. The van der Waals surface area contributed by atoms with Crippen molar-refractivity contribution in [2.45, 2.75) is 5.88 Å². The van der Waals surface area contributed by atoms with E-state index in [4.69, 9.17) is 11.6 Å². The number of nitrogens with zero attached hydrogens (tertiary/aromatic N) is 2. The lowest BCUT2D eigenvalue weighted by atomic mass is 10.2. The molecule has 2 aromatic heterocycles. The molecule has 0 aliphatic heterocycles. The SMILES string of the molecule is O=c1[nH]nc(CCl)c2cc(Br)cnc12. The van der Waals surface area contributed by atoms with Crippen LogP contribution in [0.2, 0.25) is 0 Å². The Morgan fingerprint density at radius 1 is 1.57 bits per heavy atom. The maximum Gasteiger partial charge on any atom is 0.290 e. The molecule has 72 valence electrons. The van der Waals surface area contributed by atoms with E-state index < -0.39 is 0 Å². The summed E-state index contributed by atoms with van der Waals surface area (Å²) in [5.74, 6) is 0.241. The smallest absolute Gasteiger partial charge is 0.266 e. The second-order valence-corrected chi connectivity index (χ2v) is 3.87. The lowest BCUT2D eigenvalue weighted by Gasteiger charge is -2.00. The van der Waals surface area contributed by atoms with Gasteiger partial charge in [-0.3, -0.25) is 4.79 Å². The van der Waals surface area contributed by atoms with Gasteiger partial charge in [-0.25, -0.2) is 10.1 Å². The van der Waals surface area contributed by atoms with E-state index in [9.17, 15) is 4.79 Å². The molecule has 0 saturated heterocycles. The van der Waals surface area contributed by atoms with Crippen molar-refractivity contribution >= 4 is 38.4 Å². The average molecular weight is 275 g/mol. The molecule has 0 fully saturated rings. The molecule has 0 atom stereocenters. The van der Waals surface area contributed by atoms with Crippen molar-refractivity contribution < 1.29 is 0 Å². The molecule has 0 aliphatic carbocycles. The normalized spacial score (nSPS) is 10.7. The fraction of sp³-hybridized carbons (Fsp3) is 0.125. The van der Waals surface area contributed by atoms with Gasteiger partial charge in [-0.2, -0.15) is 5.10 Å². The Morgan fingerprint density at radius 3 is 3.07 bits per heavy atom. The van der Waals surface area contributed by atoms with Crippen LogP contribution in [0, 0.1) is 0 Å². The summed E-state index contributed by atoms with van der Waals surface area (Å²) in [6.07, 6.45) is 1.57. The standard InChI is InChI=1S/C8H5BrClN3O/c9-4-1-5-6(2-10)12-13-8(14)7(5)11-3-4/h1,3H,2H2,(H,13,14). The largest absolute Gasteiger partial charge is 0.290 e. The van der Waals surface area contributed by atoms with Crippen LogP contribution < -0.4 is 5.56 Å². The van der Waals surface area contributed by atoms with Crippen molar-refractivity contribution in [1.29, 1.82) is 0 Å². The first kappa shape index (κ1) is 9.61. The first-order chi connectivity index (χ1) is 6.72. The zero-order chi connectivity index (χ0) is 10.1. The molecule has 4 nitrogen and oxygen atoms in total. The average Bonchev–Trinajstić information content (AvgIpc) is 2.18. The van der Waals surface area contributed by atoms with E-state index in [1.165, 1.54) is 0 Å². The molecule has 1 N–H and O–H groups in total. The number of hydrogen-bond donors (Lipinski definition) is 1. The molecule has 0 radical (unpaired) electrons. The minimum atomic E-state index is -0.304. The van der Waals surface area contributed by atoms with Gasteiger partial charge >= 0.3 is 0 Å². The summed E-state index contributed by atoms with van der Waals surface area (Å²) < 4.78 is 0.795. The van der Waals surface area contributed by atoms with E-state index in [-0.39, 0.29) is 11.4 Å². The second kappa shape index (κ2) is 3.67. The number of hydrogen-bond acceptors (Lipinski definition) is 3. The number of aromatic nitrogens is 3. The first-order valence-electron chi connectivity index (χ1n) is 3.81. The monoisotopic (exact) mass is 273 g/mol. The summed E-state index contributed by atoms with van der Waals surface area (Å²) in [6, 6.07) is 1.78. The number of pyridine rings is 1. The fourth-order valence-electron chi connectivity index (χ4n) is 1.17. The number of aromatic amines is 1. The van der Waals surface area contributed by atoms with Crippen LogP contribution in [0.15, 0.2) is 21.5 Å². The molecule has 0 aromatic carbocycles. The van der Waals surface area contributed by atoms with Crippen molar-refractivity contribution in [2.75, 3.05) is 0 Å². The number of halogens is 2. The molecule has 0 bridgehead atoms. The fourth-order valence-corrected chi connectivity index (χ4v) is 1.71. The topological polar surface area (TPSA) is 58.6 Å². The summed E-state index contributed by atoms with van der Waals surface area (Å²) in [5.41, 5.74) is 0.676. The lowest BCUT2D eigenvalue weighted by molar-refractivity contribution is 0.954. The number of H-pyrrole nitrogens is 1. The summed E-state index contributed by atoms with van der Waals surface area (Å²) in [4.78, 5) is 15.3. The molecule has 2 aromatic rings. The lowest BCUT2D eigenvalue weighted by Crippen LogP contribution is -2.11. The molecular weight excluding hydrogens is 269 g/mol. The van der Waals surface area contributed by atoms with Gasteiger partial charge in [-0.1, -0.05) is 0 Å². The van der Waals surface area contributed by atoms with Crippen LogP contribution >= 0.6 is 27.5 Å². The predicted molar refractivity (Wildman–Crippen MR) is 57.4 cm³/mol. The minimum absolute atomic E-state index is 0.241. The highest BCUT2D eigenvalue weighted by Gasteiger charge is 2.06. The van der Waals surface area contributed by atoms with E-state index in [2.05, 4.69) is 31.1 Å². The zero-order valence-corrected chi connectivity index (χ0v) is 9.26. The highest BCUT2D eigenvalue weighted by Crippen LogP contribution is 2.17. The van der Waals surface area contributed by atoms with Crippen molar-refractivity contribution in [1.82, 2.24) is 15.2 Å². The van der Waals surface area contributed by atoms with Gasteiger partial charge in [-0.15, -0.1) is 11.6 Å². The molecule has 6 heteroatoms. The molecule has 2 heterocycles. The molecule has 14 heavy (non-hydrogen) atoms. The van der Waals surface area contributed by atoms with E-state index in [0.29, 0.717) is 16.6 Å². The Hall–Kier alpha value is -0.940. The first-order valence-corrected chi connectivity index (χ1v) is 5.14. The van der Waals surface area contributed by atoms with Crippen LogP contribution in [-0.2, 0) is 5.88 Å². The number of nitrogens with one attached hydrogen (secondary N) is 1. The van der Waals surface area contributed by atoms with Gasteiger partial charge in [-0.05, 0) is 22.0 Å². The van der Waals surface area contributed by atoms with Gasteiger partial charge in [0.15, 0.2) is 0 Å². The molecular formula is C8H5BrClN3O. The molecule has 0 spiro atoms.